The molecular weight excluding hydrogens is 256 g/mol. The molecule has 1 aliphatic heterocycles. The Morgan fingerprint density at radius 1 is 1.35 bits per heavy atom. The van der Waals surface area contributed by atoms with E-state index in [0.717, 1.165) is 5.56 Å². The van der Waals surface area contributed by atoms with Gasteiger partial charge in [0.1, 0.15) is 6.04 Å². The maximum atomic E-state index is 12.0. The third-order valence-corrected chi connectivity index (χ3v) is 3.41. The van der Waals surface area contributed by atoms with Crippen molar-refractivity contribution in [3.8, 4) is 0 Å². The number of esters is 1. The zero-order chi connectivity index (χ0) is 14.7. The van der Waals surface area contributed by atoms with Crippen LogP contribution in [-0.2, 0) is 14.3 Å². The molecule has 0 saturated carbocycles. The van der Waals surface area contributed by atoms with Gasteiger partial charge >= 0.3 is 5.97 Å². The Kier molecular flexibility index (Phi) is 4.08. The molecule has 5 nitrogen and oxygen atoms in total. The zero-order valence-corrected chi connectivity index (χ0v) is 11.8. The summed E-state index contributed by atoms with van der Waals surface area (Å²) in [4.78, 5) is 24.8. The molecule has 0 bridgehead atoms. The van der Waals surface area contributed by atoms with Crippen LogP contribution in [0.3, 0.4) is 0 Å². The lowest BCUT2D eigenvalue weighted by molar-refractivity contribution is -0.148. The van der Waals surface area contributed by atoms with E-state index >= 15 is 0 Å². The quantitative estimate of drug-likeness (QED) is 0.510. The first-order chi connectivity index (χ1) is 9.54. The Hall–Kier alpha value is -2.30. The average Bonchev–Trinajstić information content (AvgIpc) is 2.47. The molecule has 2 rings (SSSR count). The van der Waals surface area contributed by atoms with Gasteiger partial charge in [0.25, 0.3) is 0 Å². The lowest BCUT2D eigenvalue weighted by Crippen LogP contribution is -2.62. The molecule has 0 radical (unpaired) electrons. The minimum atomic E-state index is -0.439. The summed E-state index contributed by atoms with van der Waals surface area (Å²) >= 11 is 0. The number of methoxy groups -OCH3 is 1. The summed E-state index contributed by atoms with van der Waals surface area (Å²) in [6.07, 6.45) is 1.34. The number of likely N-dealkylation sites (N-methyl/N-ethyl adjacent to an activating group) is 1. The number of nitrogens with one attached hydrogen (secondary N) is 1. The molecule has 0 aromatic heterocycles. The first-order valence-corrected chi connectivity index (χ1v) is 6.39. The molecule has 1 fully saturated rings. The van der Waals surface area contributed by atoms with Gasteiger partial charge in [0.05, 0.1) is 13.2 Å². The number of likely N-dealkylation sites (tertiary alicyclic amines) is 1. The highest BCUT2D eigenvalue weighted by Crippen LogP contribution is 2.33. The smallest absolute Gasteiger partial charge is 0.332 e. The van der Waals surface area contributed by atoms with E-state index < -0.39 is 5.97 Å². The van der Waals surface area contributed by atoms with Crippen LogP contribution in [0.25, 0.3) is 0 Å². The number of amides is 1. The second-order valence-corrected chi connectivity index (χ2v) is 4.78. The zero-order valence-electron chi connectivity index (χ0n) is 11.8. The van der Waals surface area contributed by atoms with Crippen molar-refractivity contribution in [2.75, 3.05) is 14.2 Å². The van der Waals surface area contributed by atoms with E-state index in [-0.39, 0.29) is 18.0 Å². The molecule has 5 heteroatoms. The summed E-state index contributed by atoms with van der Waals surface area (Å²) in [5.41, 5.74) is 1.68. The number of rotatable bonds is 4. The van der Waals surface area contributed by atoms with Crippen LogP contribution in [-0.4, -0.2) is 37.0 Å². The van der Waals surface area contributed by atoms with E-state index in [4.69, 9.17) is 0 Å². The number of ether oxygens (including phenoxy) is 1. The van der Waals surface area contributed by atoms with Gasteiger partial charge in [0, 0.05) is 18.8 Å². The molecule has 20 heavy (non-hydrogen) atoms. The van der Waals surface area contributed by atoms with E-state index in [1.165, 1.54) is 13.2 Å². The third-order valence-electron chi connectivity index (χ3n) is 3.41. The van der Waals surface area contributed by atoms with Gasteiger partial charge in [-0.15, -0.1) is 0 Å². The fourth-order valence-corrected chi connectivity index (χ4v) is 2.36. The van der Waals surface area contributed by atoms with Crippen molar-refractivity contribution in [1.29, 1.82) is 0 Å². The standard InChI is InChI=1S/C15H18N2O3/c1-10(9-12(18)20-3)16-13-14(17(2)15(13)19)11-7-5-4-6-8-11/h4-9,13-14,16H,1-3H3/b10-9+/t13-,14+/m1/s1. The predicted molar refractivity (Wildman–Crippen MR) is 74.6 cm³/mol. The average molecular weight is 274 g/mol. The topological polar surface area (TPSA) is 58.6 Å². The minimum absolute atomic E-state index is 0.0106. The predicted octanol–water partition coefficient (Wildman–Crippen LogP) is 1.23. The van der Waals surface area contributed by atoms with Gasteiger partial charge in [-0.3, -0.25) is 4.79 Å². The molecule has 1 aliphatic rings. The van der Waals surface area contributed by atoms with Crippen molar-refractivity contribution in [2.24, 2.45) is 0 Å². The fourth-order valence-electron chi connectivity index (χ4n) is 2.36. The number of hydrogen-bond donors (Lipinski definition) is 1. The van der Waals surface area contributed by atoms with Crippen LogP contribution >= 0.6 is 0 Å². The molecule has 1 N–H and O–H groups in total. The monoisotopic (exact) mass is 274 g/mol. The van der Waals surface area contributed by atoms with Crippen molar-refractivity contribution < 1.29 is 14.3 Å². The van der Waals surface area contributed by atoms with Gasteiger partial charge in [-0.1, -0.05) is 30.3 Å². The summed E-state index contributed by atoms with van der Waals surface area (Å²) in [6.45, 7) is 1.74. The molecule has 1 amide bonds. The van der Waals surface area contributed by atoms with Crippen LogP contribution in [0.1, 0.15) is 18.5 Å². The largest absolute Gasteiger partial charge is 0.466 e. The molecule has 0 spiro atoms. The van der Waals surface area contributed by atoms with E-state index in [2.05, 4.69) is 10.1 Å². The minimum Gasteiger partial charge on any atom is -0.466 e. The van der Waals surface area contributed by atoms with E-state index in [0.29, 0.717) is 5.70 Å². The van der Waals surface area contributed by atoms with Crippen molar-refractivity contribution in [1.82, 2.24) is 10.2 Å². The lowest BCUT2D eigenvalue weighted by Gasteiger charge is -2.45. The summed E-state index contributed by atoms with van der Waals surface area (Å²) in [7, 11) is 3.10. The van der Waals surface area contributed by atoms with Gasteiger partial charge in [-0.05, 0) is 12.5 Å². The second kappa shape index (κ2) is 5.77. The Morgan fingerprint density at radius 2 is 2.00 bits per heavy atom. The summed E-state index contributed by atoms with van der Waals surface area (Å²) < 4.78 is 4.56. The number of carbonyl (C=O) groups is 2. The first kappa shape index (κ1) is 14.1. The van der Waals surface area contributed by atoms with Gasteiger partial charge in [-0.2, -0.15) is 0 Å². The highest BCUT2D eigenvalue weighted by molar-refractivity contribution is 5.90. The van der Waals surface area contributed by atoms with Crippen molar-refractivity contribution in [2.45, 2.75) is 19.0 Å². The Labute approximate surface area is 118 Å². The summed E-state index contributed by atoms with van der Waals surface area (Å²) in [6, 6.07) is 9.44. The number of allylic oxidation sites excluding steroid dienone is 1. The molecule has 0 unspecified atom stereocenters. The van der Waals surface area contributed by atoms with E-state index in [1.807, 2.05) is 30.3 Å². The fraction of sp³-hybridized carbons (Fsp3) is 0.333. The molecule has 2 atom stereocenters. The van der Waals surface area contributed by atoms with Crippen molar-refractivity contribution in [3.63, 3.8) is 0 Å². The molecule has 1 aromatic rings. The maximum Gasteiger partial charge on any atom is 0.332 e. The highest BCUT2D eigenvalue weighted by Gasteiger charge is 2.45. The number of nitrogens with zero attached hydrogens (tertiary/aromatic N) is 1. The van der Waals surface area contributed by atoms with Gasteiger partial charge in [0.15, 0.2) is 0 Å². The lowest BCUT2D eigenvalue weighted by atomic mass is 9.89. The highest BCUT2D eigenvalue weighted by atomic mass is 16.5. The molecule has 106 valence electrons. The summed E-state index contributed by atoms with van der Waals surface area (Å²) in [5.74, 6) is -0.428. The molecule has 1 aromatic carbocycles. The SMILES string of the molecule is COC(=O)/C=C(\C)N[C@H]1C(=O)N(C)[C@H]1c1ccccc1. The Balaban J connectivity index is 2.12. The summed E-state index contributed by atoms with van der Waals surface area (Å²) in [5, 5.41) is 3.08. The normalized spacial score (nSPS) is 22.2. The van der Waals surface area contributed by atoms with Crippen LogP contribution in [0.2, 0.25) is 0 Å². The van der Waals surface area contributed by atoms with Crippen LogP contribution in [0.5, 0.6) is 0 Å². The first-order valence-electron chi connectivity index (χ1n) is 6.39. The van der Waals surface area contributed by atoms with E-state index in [9.17, 15) is 9.59 Å². The number of hydrogen-bond acceptors (Lipinski definition) is 4. The second-order valence-electron chi connectivity index (χ2n) is 4.78. The molecule has 1 heterocycles. The third kappa shape index (κ3) is 2.66. The number of carbonyl (C=O) groups excluding carboxylic acids is 2. The molecule has 0 aliphatic carbocycles. The Bertz CT molecular complexity index is 539. The molecule has 1 saturated heterocycles. The van der Waals surface area contributed by atoms with Crippen LogP contribution in [0.4, 0.5) is 0 Å². The van der Waals surface area contributed by atoms with Gasteiger partial charge < -0.3 is 15.0 Å². The van der Waals surface area contributed by atoms with Crippen molar-refractivity contribution >= 4 is 11.9 Å². The van der Waals surface area contributed by atoms with Crippen LogP contribution < -0.4 is 5.32 Å². The van der Waals surface area contributed by atoms with Crippen LogP contribution in [0, 0.1) is 0 Å². The Morgan fingerprint density at radius 3 is 2.60 bits per heavy atom. The van der Waals surface area contributed by atoms with Gasteiger partial charge in [0.2, 0.25) is 5.91 Å². The number of β-lactam (4-membered cyclic amide) rings is 1. The van der Waals surface area contributed by atoms with Gasteiger partial charge in [-0.25, -0.2) is 4.79 Å². The van der Waals surface area contributed by atoms with Crippen LogP contribution in [0.15, 0.2) is 42.1 Å². The maximum absolute atomic E-state index is 12.0. The van der Waals surface area contributed by atoms with E-state index in [1.54, 1.807) is 18.9 Å². The molecular formula is C15H18N2O3. The number of benzene rings is 1. The van der Waals surface area contributed by atoms with Crippen molar-refractivity contribution in [3.05, 3.63) is 47.7 Å².